The number of nitro groups is 1. The van der Waals surface area contributed by atoms with Crippen LogP contribution >= 0.6 is 15.9 Å². The minimum atomic E-state index is -0.496. The summed E-state index contributed by atoms with van der Waals surface area (Å²) in [6.07, 6.45) is 2.90. The summed E-state index contributed by atoms with van der Waals surface area (Å²) in [6.45, 7) is 8.13. The molecule has 1 saturated heterocycles. The quantitative estimate of drug-likeness (QED) is 0.420. The van der Waals surface area contributed by atoms with Crippen molar-refractivity contribution in [2.45, 2.75) is 51.8 Å². The Morgan fingerprint density at radius 2 is 1.94 bits per heavy atom. The standard InChI is InChI=1S/C22H28BrN5O4/c1-22(2,3)32-21(29)26-18-8-10-27(11-9-18)14-15-4-6-17(7-5-15)25-20-19(28(30)31)12-16(23)13-24-20/h4-7,12-13,18H,8-11,14H2,1-3H3,(H,24,25)(H,26,29). The van der Waals surface area contributed by atoms with Crippen LogP contribution in [0, 0.1) is 10.1 Å². The molecule has 32 heavy (non-hydrogen) atoms. The Morgan fingerprint density at radius 1 is 1.28 bits per heavy atom. The Labute approximate surface area is 195 Å². The van der Waals surface area contributed by atoms with Crippen LogP contribution in [0.25, 0.3) is 0 Å². The van der Waals surface area contributed by atoms with E-state index in [1.807, 2.05) is 45.0 Å². The average molecular weight is 506 g/mol. The van der Waals surface area contributed by atoms with Gasteiger partial charge in [-0.1, -0.05) is 12.1 Å². The Bertz CT molecular complexity index is 954. The van der Waals surface area contributed by atoms with Crippen molar-refractivity contribution in [3.8, 4) is 0 Å². The second kappa shape index (κ2) is 10.3. The van der Waals surface area contributed by atoms with Gasteiger partial charge in [-0.2, -0.15) is 0 Å². The van der Waals surface area contributed by atoms with Crippen LogP contribution in [-0.2, 0) is 11.3 Å². The highest BCUT2D eigenvalue weighted by Gasteiger charge is 2.23. The first-order valence-corrected chi connectivity index (χ1v) is 11.3. The number of aromatic nitrogens is 1. The van der Waals surface area contributed by atoms with E-state index >= 15 is 0 Å². The van der Waals surface area contributed by atoms with Gasteiger partial charge < -0.3 is 15.4 Å². The lowest BCUT2D eigenvalue weighted by molar-refractivity contribution is -0.384. The fourth-order valence-electron chi connectivity index (χ4n) is 3.46. The number of pyridine rings is 1. The summed E-state index contributed by atoms with van der Waals surface area (Å²) in [5.74, 6) is 0.200. The molecule has 1 fully saturated rings. The predicted octanol–water partition coefficient (Wildman–Crippen LogP) is 4.99. The first-order valence-electron chi connectivity index (χ1n) is 10.5. The number of carbonyl (C=O) groups excluding carboxylic acids is 1. The van der Waals surface area contributed by atoms with Gasteiger partial charge >= 0.3 is 11.8 Å². The number of ether oxygens (including phenoxy) is 1. The van der Waals surface area contributed by atoms with Gasteiger partial charge in [0.2, 0.25) is 5.82 Å². The van der Waals surface area contributed by atoms with E-state index in [9.17, 15) is 14.9 Å². The van der Waals surface area contributed by atoms with Crippen LogP contribution in [0.15, 0.2) is 41.0 Å². The van der Waals surface area contributed by atoms with E-state index < -0.39 is 10.5 Å². The molecule has 1 aliphatic heterocycles. The molecule has 0 bridgehead atoms. The third-order valence-corrected chi connectivity index (χ3v) is 5.40. The summed E-state index contributed by atoms with van der Waals surface area (Å²) in [5, 5.41) is 17.2. The Balaban J connectivity index is 1.50. The van der Waals surface area contributed by atoms with Crippen molar-refractivity contribution >= 4 is 39.2 Å². The normalized spacial score (nSPS) is 15.2. The lowest BCUT2D eigenvalue weighted by atomic mass is 10.0. The molecule has 1 aromatic carbocycles. The maximum Gasteiger partial charge on any atom is 0.407 e. The Kier molecular flexibility index (Phi) is 7.68. The van der Waals surface area contributed by atoms with E-state index in [4.69, 9.17) is 4.74 Å². The van der Waals surface area contributed by atoms with Crippen LogP contribution in [0.4, 0.5) is 22.0 Å². The molecule has 2 N–H and O–H groups in total. The predicted molar refractivity (Wildman–Crippen MR) is 126 cm³/mol. The Hall–Kier alpha value is -2.72. The lowest BCUT2D eigenvalue weighted by Gasteiger charge is -2.32. The number of rotatable bonds is 6. The van der Waals surface area contributed by atoms with Crippen molar-refractivity contribution in [3.05, 3.63) is 56.7 Å². The van der Waals surface area contributed by atoms with Crippen LogP contribution < -0.4 is 10.6 Å². The number of carbonyl (C=O) groups is 1. The minimum absolute atomic E-state index is 0.0914. The fourth-order valence-corrected chi connectivity index (χ4v) is 3.78. The first-order chi connectivity index (χ1) is 15.1. The molecule has 172 valence electrons. The van der Waals surface area contributed by atoms with Crippen molar-refractivity contribution < 1.29 is 14.5 Å². The molecule has 2 heterocycles. The molecule has 0 aliphatic carbocycles. The number of nitrogens with one attached hydrogen (secondary N) is 2. The zero-order chi connectivity index (χ0) is 23.3. The van der Waals surface area contributed by atoms with Gasteiger partial charge in [0.15, 0.2) is 0 Å². The maximum atomic E-state index is 11.9. The number of nitrogens with zero attached hydrogens (tertiary/aromatic N) is 3. The van der Waals surface area contributed by atoms with E-state index in [-0.39, 0.29) is 23.6 Å². The number of likely N-dealkylation sites (tertiary alicyclic amines) is 1. The molecule has 0 atom stereocenters. The number of hydrogen-bond donors (Lipinski definition) is 2. The van der Waals surface area contributed by atoms with Gasteiger partial charge in [0, 0.05) is 48.1 Å². The van der Waals surface area contributed by atoms with Gasteiger partial charge in [-0.15, -0.1) is 0 Å². The highest BCUT2D eigenvalue weighted by atomic mass is 79.9. The molecule has 1 aliphatic rings. The molecule has 3 rings (SSSR count). The molecule has 9 nitrogen and oxygen atoms in total. The molecule has 0 unspecified atom stereocenters. The minimum Gasteiger partial charge on any atom is -0.444 e. The third kappa shape index (κ3) is 7.16. The summed E-state index contributed by atoms with van der Waals surface area (Å²) in [4.78, 5) is 29.2. The highest BCUT2D eigenvalue weighted by Crippen LogP contribution is 2.28. The van der Waals surface area contributed by atoms with E-state index in [0.29, 0.717) is 4.47 Å². The van der Waals surface area contributed by atoms with Crippen LogP contribution in [-0.4, -0.2) is 45.6 Å². The fraction of sp³-hybridized carbons (Fsp3) is 0.455. The average Bonchev–Trinajstić information content (AvgIpc) is 2.70. The lowest BCUT2D eigenvalue weighted by Crippen LogP contribution is -2.45. The van der Waals surface area contributed by atoms with Crippen LogP contribution in [0.1, 0.15) is 39.2 Å². The van der Waals surface area contributed by atoms with Crippen molar-refractivity contribution in [1.82, 2.24) is 15.2 Å². The van der Waals surface area contributed by atoms with Crippen molar-refractivity contribution in [2.75, 3.05) is 18.4 Å². The maximum absolute atomic E-state index is 11.9. The molecule has 2 aromatic rings. The molecule has 0 spiro atoms. The summed E-state index contributed by atoms with van der Waals surface area (Å²) >= 11 is 3.21. The smallest absolute Gasteiger partial charge is 0.407 e. The number of benzene rings is 1. The summed E-state index contributed by atoms with van der Waals surface area (Å²) in [5.41, 5.74) is 1.29. The van der Waals surface area contributed by atoms with Gasteiger partial charge in [-0.05, 0) is 67.2 Å². The Morgan fingerprint density at radius 3 is 2.53 bits per heavy atom. The van der Waals surface area contributed by atoms with Gasteiger partial charge in [-0.25, -0.2) is 9.78 Å². The molecular formula is C22H28BrN5O4. The SMILES string of the molecule is CC(C)(C)OC(=O)NC1CCN(Cc2ccc(Nc3ncc(Br)cc3[N+](=O)[O-])cc2)CC1. The second-order valence-electron chi connectivity index (χ2n) is 8.80. The monoisotopic (exact) mass is 505 g/mol. The number of hydrogen-bond acceptors (Lipinski definition) is 7. The number of amides is 1. The number of alkyl carbamates (subject to hydrolysis) is 1. The van der Waals surface area contributed by atoms with Crippen LogP contribution in [0.2, 0.25) is 0 Å². The highest BCUT2D eigenvalue weighted by molar-refractivity contribution is 9.10. The van der Waals surface area contributed by atoms with E-state index in [2.05, 4.69) is 36.4 Å². The number of piperidine rings is 1. The zero-order valence-corrected chi connectivity index (χ0v) is 20.0. The van der Waals surface area contributed by atoms with E-state index in [0.717, 1.165) is 43.7 Å². The molecule has 0 saturated carbocycles. The third-order valence-electron chi connectivity index (χ3n) is 4.96. The second-order valence-corrected chi connectivity index (χ2v) is 9.71. The topological polar surface area (TPSA) is 110 Å². The number of anilines is 2. The summed E-state index contributed by atoms with van der Waals surface area (Å²) in [6, 6.07) is 9.32. The molecule has 1 amide bonds. The molecule has 10 heteroatoms. The number of halogens is 1. The van der Waals surface area contributed by atoms with Gasteiger partial charge in [0.05, 0.1) is 4.92 Å². The van der Waals surface area contributed by atoms with Gasteiger partial charge in [-0.3, -0.25) is 15.0 Å². The first kappa shape index (κ1) is 23.9. The van der Waals surface area contributed by atoms with Crippen molar-refractivity contribution in [1.29, 1.82) is 0 Å². The van der Waals surface area contributed by atoms with Gasteiger partial charge in [0.25, 0.3) is 0 Å². The van der Waals surface area contributed by atoms with Crippen molar-refractivity contribution in [3.63, 3.8) is 0 Å². The van der Waals surface area contributed by atoms with Crippen LogP contribution in [0.3, 0.4) is 0 Å². The molecule has 1 aromatic heterocycles. The largest absolute Gasteiger partial charge is 0.444 e. The van der Waals surface area contributed by atoms with Crippen molar-refractivity contribution in [2.24, 2.45) is 0 Å². The zero-order valence-electron chi connectivity index (χ0n) is 18.4. The molecular weight excluding hydrogens is 478 g/mol. The van der Waals surface area contributed by atoms with Gasteiger partial charge in [0.1, 0.15) is 5.60 Å². The summed E-state index contributed by atoms with van der Waals surface area (Å²) < 4.78 is 5.88. The summed E-state index contributed by atoms with van der Waals surface area (Å²) in [7, 11) is 0. The van der Waals surface area contributed by atoms with Crippen LogP contribution in [0.5, 0.6) is 0 Å². The van der Waals surface area contributed by atoms with E-state index in [1.54, 1.807) is 0 Å². The van der Waals surface area contributed by atoms with E-state index in [1.165, 1.54) is 12.3 Å². The molecule has 0 radical (unpaired) electrons.